The van der Waals surface area contributed by atoms with Crippen molar-refractivity contribution in [2.75, 3.05) is 19.6 Å². The predicted molar refractivity (Wildman–Crippen MR) is 127 cm³/mol. The van der Waals surface area contributed by atoms with E-state index in [1.807, 2.05) is 17.0 Å². The summed E-state index contributed by atoms with van der Waals surface area (Å²) in [6, 6.07) is 14.9. The zero-order chi connectivity index (χ0) is 19.5. The van der Waals surface area contributed by atoms with Crippen molar-refractivity contribution in [1.82, 2.24) is 20.2 Å². The van der Waals surface area contributed by atoms with Gasteiger partial charge in [0.1, 0.15) is 5.82 Å². The van der Waals surface area contributed by atoms with Crippen molar-refractivity contribution in [3.05, 3.63) is 65.0 Å². The molecular weight excluding hydrogens is 419 g/mol. The number of carbonyl (C=O) groups excluding carboxylic acids is 1. The highest BCUT2D eigenvalue weighted by atomic mass is 35.5. The van der Waals surface area contributed by atoms with Crippen LogP contribution in [0.3, 0.4) is 0 Å². The normalized spacial score (nSPS) is 16.1. The van der Waals surface area contributed by atoms with Crippen LogP contribution in [0.25, 0.3) is 11.0 Å². The van der Waals surface area contributed by atoms with Crippen LogP contribution in [0.5, 0.6) is 0 Å². The quantitative estimate of drug-likeness (QED) is 0.608. The molecule has 0 spiro atoms. The Balaban J connectivity index is 0.00000160. The molecule has 1 aromatic heterocycles. The second-order valence-corrected chi connectivity index (χ2v) is 7.56. The number of amides is 1. The number of hydrogen-bond acceptors (Lipinski definition) is 3. The first-order chi connectivity index (χ1) is 13.7. The van der Waals surface area contributed by atoms with Crippen molar-refractivity contribution in [2.45, 2.75) is 39.2 Å². The fourth-order valence-corrected chi connectivity index (χ4v) is 3.99. The Bertz CT molecular complexity index is 971. The Labute approximate surface area is 190 Å². The smallest absolute Gasteiger partial charge is 0.223 e. The van der Waals surface area contributed by atoms with Gasteiger partial charge >= 0.3 is 0 Å². The van der Waals surface area contributed by atoms with E-state index >= 15 is 0 Å². The largest absolute Gasteiger partial charge is 0.342 e. The van der Waals surface area contributed by atoms with E-state index in [1.165, 1.54) is 11.1 Å². The minimum atomic E-state index is 0. The maximum Gasteiger partial charge on any atom is 0.223 e. The maximum absolute atomic E-state index is 13.0. The van der Waals surface area contributed by atoms with Crippen LogP contribution in [-0.4, -0.2) is 40.4 Å². The van der Waals surface area contributed by atoms with Crippen LogP contribution in [0.2, 0.25) is 0 Å². The van der Waals surface area contributed by atoms with Crippen LogP contribution >= 0.6 is 24.8 Å². The minimum absolute atomic E-state index is 0. The van der Waals surface area contributed by atoms with Crippen molar-refractivity contribution < 1.29 is 4.79 Å². The molecule has 2 N–H and O–H groups in total. The molecule has 2 aromatic carbocycles. The van der Waals surface area contributed by atoms with Crippen LogP contribution in [-0.2, 0) is 17.6 Å². The van der Waals surface area contributed by atoms with Crippen molar-refractivity contribution in [2.24, 2.45) is 0 Å². The molecule has 1 atom stereocenters. The van der Waals surface area contributed by atoms with Gasteiger partial charge in [-0.1, -0.05) is 43.3 Å². The van der Waals surface area contributed by atoms with Crippen LogP contribution in [0, 0.1) is 6.92 Å². The first kappa shape index (κ1) is 24.2. The first-order valence-corrected chi connectivity index (χ1v) is 10.2. The van der Waals surface area contributed by atoms with Crippen molar-refractivity contribution in [1.29, 1.82) is 0 Å². The highest BCUT2D eigenvalue weighted by molar-refractivity contribution is 5.85. The Kier molecular flexibility index (Phi) is 8.71. The lowest BCUT2D eigenvalue weighted by molar-refractivity contribution is -0.134. The molecular formula is C23H30Cl2N4O. The average molecular weight is 449 g/mol. The molecule has 30 heavy (non-hydrogen) atoms. The molecule has 4 rings (SSSR count). The number of nitrogens with one attached hydrogen (secondary N) is 2. The van der Waals surface area contributed by atoms with Gasteiger partial charge in [-0.3, -0.25) is 4.79 Å². The summed E-state index contributed by atoms with van der Waals surface area (Å²) >= 11 is 0. The highest BCUT2D eigenvalue weighted by Gasteiger charge is 2.27. The molecule has 1 fully saturated rings. The van der Waals surface area contributed by atoms with Gasteiger partial charge in [-0.25, -0.2) is 4.98 Å². The number of aromatic amines is 1. The number of benzene rings is 2. The van der Waals surface area contributed by atoms with Crippen molar-refractivity contribution in [3.8, 4) is 0 Å². The number of H-pyrrole nitrogens is 1. The fourth-order valence-electron chi connectivity index (χ4n) is 3.99. The maximum atomic E-state index is 13.0. The number of fused-ring (bicyclic) bond motifs is 1. The van der Waals surface area contributed by atoms with Gasteiger partial charge in [-0.2, -0.15) is 0 Å². The van der Waals surface area contributed by atoms with Crippen LogP contribution < -0.4 is 5.32 Å². The summed E-state index contributed by atoms with van der Waals surface area (Å²) in [5.41, 5.74) is 5.73. The average Bonchev–Trinajstić information content (AvgIpc) is 3.17. The van der Waals surface area contributed by atoms with Gasteiger partial charge < -0.3 is 15.2 Å². The van der Waals surface area contributed by atoms with Crippen molar-refractivity contribution >= 4 is 41.8 Å². The summed E-state index contributed by atoms with van der Waals surface area (Å²) in [5, 5.41) is 3.43. The number of para-hydroxylation sites is 1. The predicted octanol–water partition coefficient (Wildman–Crippen LogP) is 4.38. The Morgan fingerprint density at radius 1 is 1.17 bits per heavy atom. The van der Waals surface area contributed by atoms with Gasteiger partial charge in [0.2, 0.25) is 5.91 Å². The molecule has 0 aliphatic carbocycles. The SMILES string of the molecule is CCc1ccc(C2CNCCN2C(=O)CCc2nc3c(C)cccc3[nH]2)cc1.Cl.Cl. The summed E-state index contributed by atoms with van der Waals surface area (Å²) in [6.07, 6.45) is 2.14. The Hall–Kier alpha value is -2.08. The highest BCUT2D eigenvalue weighted by Crippen LogP contribution is 2.24. The third-order valence-corrected chi connectivity index (χ3v) is 5.68. The lowest BCUT2D eigenvalue weighted by Gasteiger charge is -2.36. The number of aromatic nitrogens is 2. The van der Waals surface area contributed by atoms with Crippen LogP contribution in [0.1, 0.15) is 41.9 Å². The van der Waals surface area contributed by atoms with E-state index < -0.39 is 0 Å². The molecule has 1 aliphatic heterocycles. The Morgan fingerprint density at radius 2 is 1.93 bits per heavy atom. The summed E-state index contributed by atoms with van der Waals surface area (Å²) in [4.78, 5) is 23.1. The number of rotatable bonds is 5. The lowest BCUT2D eigenvalue weighted by Crippen LogP contribution is -2.48. The number of aryl methyl sites for hydroxylation is 3. The van der Waals surface area contributed by atoms with Crippen LogP contribution in [0.15, 0.2) is 42.5 Å². The molecule has 0 bridgehead atoms. The summed E-state index contributed by atoms with van der Waals surface area (Å²) in [6.45, 7) is 6.62. The van der Waals surface area contributed by atoms with E-state index in [4.69, 9.17) is 0 Å². The standard InChI is InChI=1S/C23H28N4O.2ClH/c1-3-17-7-9-18(10-8-17)20-15-24-13-14-27(20)22(28)12-11-21-25-19-6-4-5-16(2)23(19)26-21;;/h4-10,20,24H,3,11-15H2,1-2H3,(H,25,26);2*1H. The number of hydrogen-bond donors (Lipinski definition) is 2. The molecule has 0 saturated carbocycles. The molecule has 1 amide bonds. The van der Waals surface area contributed by atoms with Gasteiger partial charge in [0.25, 0.3) is 0 Å². The van der Waals surface area contributed by atoms with Gasteiger partial charge in [-0.15, -0.1) is 24.8 Å². The van der Waals surface area contributed by atoms with E-state index in [9.17, 15) is 4.79 Å². The second-order valence-electron chi connectivity index (χ2n) is 7.56. The molecule has 1 saturated heterocycles. The van der Waals surface area contributed by atoms with E-state index in [-0.39, 0.29) is 36.8 Å². The first-order valence-electron chi connectivity index (χ1n) is 10.2. The van der Waals surface area contributed by atoms with Gasteiger partial charge in [0.05, 0.1) is 17.1 Å². The molecule has 162 valence electrons. The zero-order valence-electron chi connectivity index (χ0n) is 17.5. The molecule has 3 aromatic rings. The van der Waals surface area contributed by atoms with Crippen LogP contribution in [0.4, 0.5) is 0 Å². The molecule has 2 heterocycles. The second kappa shape index (κ2) is 10.8. The number of piperazine rings is 1. The topological polar surface area (TPSA) is 61.0 Å². The number of nitrogens with zero attached hydrogens (tertiary/aromatic N) is 2. The molecule has 7 heteroatoms. The molecule has 5 nitrogen and oxygen atoms in total. The fraction of sp³-hybridized carbons (Fsp3) is 0.391. The van der Waals surface area contributed by atoms with Crippen molar-refractivity contribution in [3.63, 3.8) is 0 Å². The van der Waals surface area contributed by atoms with E-state index in [0.717, 1.165) is 48.5 Å². The summed E-state index contributed by atoms with van der Waals surface area (Å²) in [5.74, 6) is 1.08. The molecule has 0 radical (unpaired) electrons. The van der Waals surface area contributed by atoms with E-state index in [0.29, 0.717) is 12.8 Å². The zero-order valence-corrected chi connectivity index (χ0v) is 19.1. The number of carbonyl (C=O) groups is 1. The van der Waals surface area contributed by atoms with Gasteiger partial charge in [-0.05, 0) is 36.1 Å². The third-order valence-electron chi connectivity index (χ3n) is 5.68. The molecule has 1 aliphatic rings. The minimum Gasteiger partial charge on any atom is -0.342 e. The monoisotopic (exact) mass is 448 g/mol. The van der Waals surface area contributed by atoms with Gasteiger partial charge in [0.15, 0.2) is 0 Å². The number of halogens is 2. The molecule has 1 unspecified atom stereocenters. The van der Waals surface area contributed by atoms with E-state index in [2.05, 4.69) is 59.5 Å². The van der Waals surface area contributed by atoms with Gasteiger partial charge in [0, 0.05) is 32.5 Å². The lowest BCUT2D eigenvalue weighted by atomic mass is 10.0. The third kappa shape index (κ3) is 5.15. The summed E-state index contributed by atoms with van der Waals surface area (Å²) < 4.78 is 0. The Morgan fingerprint density at radius 3 is 2.63 bits per heavy atom. The van der Waals surface area contributed by atoms with E-state index in [1.54, 1.807) is 0 Å². The number of imidazole rings is 1. The summed E-state index contributed by atoms with van der Waals surface area (Å²) in [7, 11) is 0.